The quantitative estimate of drug-likeness (QED) is 0.0272. The van der Waals surface area contributed by atoms with E-state index < -0.39 is 20.0 Å². The van der Waals surface area contributed by atoms with E-state index in [-0.39, 0.29) is 25.5 Å². The van der Waals surface area contributed by atoms with Crippen molar-refractivity contribution in [2.24, 2.45) is 0 Å². The number of carbonyl (C=O) groups is 1. The van der Waals surface area contributed by atoms with Crippen molar-refractivity contribution in [1.29, 1.82) is 0 Å². The number of aliphatic hydroxyl groups is 1. The number of nitrogens with one attached hydrogen (secondary N) is 1. The van der Waals surface area contributed by atoms with Crippen molar-refractivity contribution in [2.45, 2.75) is 283 Å². The topological polar surface area (TPSA) is 108 Å². The summed E-state index contributed by atoms with van der Waals surface area (Å²) in [5, 5.41) is 14.0. The van der Waals surface area contributed by atoms with Crippen LogP contribution in [-0.4, -0.2) is 68.5 Å². The van der Waals surface area contributed by atoms with E-state index in [1.54, 1.807) is 0 Å². The van der Waals surface area contributed by atoms with Gasteiger partial charge in [-0.05, 0) is 77.0 Å². The van der Waals surface area contributed by atoms with Crippen LogP contribution in [0.25, 0.3) is 0 Å². The molecule has 0 aromatic heterocycles. The molecule has 0 aromatic carbocycles. The highest BCUT2D eigenvalue weighted by Gasteiger charge is 2.24. The maximum Gasteiger partial charge on any atom is 0.268 e. The first-order valence-corrected chi connectivity index (χ1v) is 33.7. The molecule has 78 heavy (non-hydrogen) atoms. The summed E-state index contributed by atoms with van der Waals surface area (Å²) in [4.78, 5) is 25.6. The Bertz CT molecular complexity index is 1640. The lowest BCUT2D eigenvalue weighted by molar-refractivity contribution is -0.870. The van der Waals surface area contributed by atoms with Gasteiger partial charge in [-0.25, -0.2) is 0 Å². The Morgan fingerprint density at radius 2 is 0.769 bits per heavy atom. The number of hydrogen-bond donors (Lipinski definition) is 2. The molecule has 0 aliphatic heterocycles. The van der Waals surface area contributed by atoms with E-state index in [2.05, 4.69) is 129 Å². The average molecular weight is 1110 g/mol. The first-order chi connectivity index (χ1) is 38.0. The second-order valence-electron chi connectivity index (χ2n) is 22.7. The van der Waals surface area contributed by atoms with E-state index in [1.165, 1.54) is 154 Å². The van der Waals surface area contributed by atoms with Crippen LogP contribution in [0.3, 0.4) is 0 Å². The fourth-order valence-corrected chi connectivity index (χ4v) is 9.77. The zero-order chi connectivity index (χ0) is 57.0. The second-order valence-corrected chi connectivity index (χ2v) is 24.2. The van der Waals surface area contributed by atoms with Crippen molar-refractivity contribution in [3.05, 3.63) is 109 Å². The van der Waals surface area contributed by atoms with Gasteiger partial charge in [0.15, 0.2) is 0 Å². The Morgan fingerprint density at radius 3 is 1.09 bits per heavy atom. The summed E-state index contributed by atoms with van der Waals surface area (Å²) < 4.78 is 23.4. The number of rotatable bonds is 58. The van der Waals surface area contributed by atoms with Crippen molar-refractivity contribution in [3.8, 4) is 0 Å². The van der Waals surface area contributed by atoms with Gasteiger partial charge in [-0.1, -0.05) is 297 Å². The molecule has 1 amide bonds. The Morgan fingerprint density at radius 1 is 0.462 bits per heavy atom. The minimum Gasteiger partial charge on any atom is -0.756 e. The van der Waals surface area contributed by atoms with Crippen LogP contribution in [0.4, 0.5) is 0 Å². The summed E-state index contributed by atoms with van der Waals surface area (Å²) in [7, 11) is 1.26. The Kier molecular flexibility index (Phi) is 56.7. The van der Waals surface area contributed by atoms with Gasteiger partial charge in [-0.15, -0.1) is 0 Å². The van der Waals surface area contributed by atoms with Crippen LogP contribution in [0.1, 0.15) is 271 Å². The maximum absolute atomic E-state index is 13.0. The molecular formula is C69H123N2O6P. The Balaban J connectivity index is 4.24. The summed E-state index contributed by atoms with van der Waals surface area (Å²) >= 11 is 0. The molecule has 8 nitrogen and oxygen atoms in total. The molecule has 3 atom stereocenters. The van der Waals surface area contributed by atoms with Gasteiger partial charge in [-0.3, -0.25) is 9.36 Å². The van der Waals surface area contributed by atoms with Crippen LogP contribution in [0.15, 0.2) is 109 Å². The Labute approximate surface area is 482 Å². The first-order valence-electron chi connectivity index (χ1n) is 32.2. The molecule has 0 heterocycles. The van der Waals surface area contributed by atoms with Crippen molar-refractivity contribution in [3.63, 3.8) is 0 Å². The number of aliphatic hydroxyl groups excluding tert-OH is 1. The number of carbonyl (C=O) groups excluding carboxylic acids is 1. The first kappa shape index (κ1) is 75.2. The third-order valence-corrected chi connectivity index (χ3v) is 15.0. The highest BCUT2D eigenvalue weighted by atomic mass is 31.2. The van der Waals surface area contributed by atoms with Crippen LogP contribution in [0.2, 0.25) is 0 Å². The van der Waals surface area contributed by atoms with Gasteiger partial charge >= 0.3 is 0 Å². The highest BCUT2D eigenvalue weighted by Crippen LogP contribution is 2.38. The van der Waals surface area contributed by atoms with E-state index in [0.717, 1.165) is 83.5 Å². The standard InChI is InChI=1S/C69H123N2O6P/c1-6-8-10-12-14-16-18-20-22-24-26-28-30-32-34-35-37-39-41-43-45-47-49-51-53-55-57-59-61-63-69(73)70-67(66-77-78(74,75)76-65-64-71(3,4)5)68(72)62-60-58-56-54-52-50-48-46-44-42-40-38-36-33-31-29-27-25-23-21-19-17-15-13-11-9-7-2/h8,10,14,16,20,22,26,28,32,34,37,39,43,45,49,51,55,57,67-68,72H,6-7,9,11-13,15,17-19,21,23-25,27,29-31,33,35-36,38,40-42,44,46-48,50,52-54,56,58-66H2,1-5H3,(H-,70,73,74,75)/b10-8-,16-14-,22-20-,28-26-,34-32-,39-37-,45-43-,51-49-,57-55-. The predicted octanol–water partition coefficient (Wildman–Crippen LogP) is 19.7. The molecule has 0 saturated heterocycles. The Hall–Kier alpha value is -2.84. The van der Waals surface area contributed by atoms with Gasteiger partial charge in [0.1, 0.15) is 13.2 Å². The SMILES string of the molecule is CC/C=C\C/C=C\C/C=C\C/C=C\C/C=C\C/C=C\C/C=C\C/C=C\C/C=C\CCCC(=O)NC(COP(=O)([O-])OCC[N+](C)(C)C)C(O)CCCCCCCCCCCCCCCCCCCCCCCCCCCCC. The van der Waals surface area contributed by atoms with E-state index in [4.69, 9.17) is 9.05 Å². The van der Waals surface area contributed by atoms with Crippen LogP contribution in [0, 0.1) is 0 Å². The van der Waals surface area contributed by atoms with Gasteiger partial charge in [0.2, 0.25) is 5.91 Å². The summed E-state index contributed by atoms with van der Waals surface area (Å²) in [5.74, 6) is -0.223. The molecule has 2 N–H and O–H groups in total. The smallest absolute Gasteiger partial charge is 0.268 e. The molecule has 0 bridgehead atoms. The van der Waals surface area contributed by atoms with Gasteiger partial charge < -0.3 is 28.8 Å². The molecule has 9 heteroatoms. The minimum absolute atomic E-state index is 0.00441. The minimum atomic E-state index is -4.60. The number of unbranched alkanes of at least 4 members (excludes halogenated alkanes) is 27. The molecule has 0 radical (unpaired) electrons. The number of amides is 1. The molecule has 0 aliphatic carbocycles. The van der Waals surface area contributed by atoms with Gasteiger partial charge in [-0.2, -0.15) is 0 Å². The monoisotopic (exact) mass is 1110 g/mol. The van der Waals surface area contributed by atoms with E-state index in [1.807, 2.05) is 21.1 Å². The van der Waals surface area contributed by atoms with Crippen LogP contribution >= 0.6 is 7.82 Å². The fraction of sp³-hybridized carbons (Fsp3) is 0.725. The number of allylic oxidation sites excluding steroid dienone is 18. The zero-order valence-electron chi connectivity index (χ0n) is 51.3. The predicted molar refractivity (Wildman–Crippen MR) is 339 cm³/mol. The zero-order valence-corrected chi connectivity index (χ0v) is 52.2. The van der Waals surface area contributed by atoms with E-state index in [0.29, 0.717) is 23.9 Å². The lowest BCUT2D eigenvalue weighted by atomic mass is 10.0. The molecule has 0 aromatic rings. The van der Waals surface area contributed by atoms with E-state index in [9.17, 15) is 19.4 Å². The van der Waals surface area contributed by atoms with Crippen molar-refractivity contribution in [1.82, 2.24) is 5.32 Å². The maximum atomic E-state index is 13.0. The van der Waals surface area contributed by atoms with Gasteiger partial charge in [0.25, 0.3) is 7.82 Å². The number of hydrogen-bond acceptors (Lipinski definition) is 6. The molecule has 450 valence electrons. The van der Waals surface area contributed by atoms with Crippen LogP contribution in [-0.2, 0) is 18.4 Å². The second kappa shape index (κ2) is 58.8. The summed E-state index contributed by atoms with van der Waals surface area (Å²) in [6, 6.07) is -0.841. The normalized spacial score (nSPS) is 14.5. The van der Waals surface area contributed by atoms with E-state index >= 15 is 0 Å². The van der Waals surface area contributed by atoms with Crippen molar-refractivity contribution >= 4 is 13.7 Å². The number of phosphoric acid groups is 1. The molecule has 0 spiro atoms. The third kappa shape index (κ3) is 60.8. The number of quaternary nitrogens is 1. The lowest BCUT2D eigenvalue weighted by Crippen LogP contribution is -2.46. The summed E-state index contributed by atoms with van der Waals surface area (Å²) in [5.41, 5.74) is 0. The van der Waals surface area contributed by atoms with Gasteiger partial charge in [0, 0.05) is 6.42 Å². The number of nitrogens with zero attached hydrogens (tertiary/aromatic N) is 1. The van der Waals surface area contributed by atoms with Crippen molar-refractivity contribution < 1.29 is 32.9 Å². The molecule has 3 unspecified atom stereocenters. The summed E-state index contributed by atoms with van der Waals surface area (Å²) in [6.45, 7) is 4.58. The molecule has 0 aliphatic rings. The molecular weight excluding hydrogens is 984 g/mol. The third-order valence-electron chi connectivity index (χ3n) is 14.0. The van der Waals surface area contributed by atoms with Crippen molar-refractivity contribution in [2.75, 3.05) is 40.9 Å². The molecule has 0 fully saturated rings. The average Bonchev–Trinajstić information content (AvgIpc) is 3.41. The highest BCUT2D eigenvalue weighted by molar-refractivity contribution is 7.45. The lowest BCUT2D eigenvalue weighted by Gasteiger charge is -2.30. The molecule has 0 rings (SSSR count). The fourth-order valence-electron chi connectivity index (χ4n) is 9.04. The van der Waals surface area contributed by atoms with Crippen LogP contribution in [0.5, 0.6) is 0 Å². The van der Waals surface area contributed by atoms with Gasteiger partial charge in [0.05, 0.1) is 39.9 Å². The molecule has 0 saturated carbocycles. The summed E-state index contributed by atoms with van der Waals surface area (Å²) in [6.07, 6.45) is 85.8. The van der Waals surface area contributed by atoms with Crippen LogP contribution < -0.4 is 10.2 Å². The largest absolute Gasteiger partial charge is 0.756 e. The number of phosphoric ester groups is 1. The number of likely N-dealkylation sites (N-methyl/N-ethyl adjacent to an activating group) is 1.